The highest BCUT2D eigenvalue weighted by Crippen LogP contribution is 2.38. The summed E-state index contributed by atoms with van der Waals surface area (Å²) in [6.07, 6.45) is -4.28. The van der Waals surface area contributed by atoms with E-state index in [4.69, 9.17) is 14.9 Å². The van der Waals surface area contributed by atoms with Crippen LogP contribution in [0.4, 0.5) is 13.2 Å². The summed E-state index contributed by atoms with van der Waals surface area (Å²) in [5, 5.41) is 1.85. The number of carbonyl (C=O) groups is 1. The molecule has 3 aromatic rings. The van der Waals surface area contributed by atoms with E-state index in [0.29, 0.717) is 17.0 Å². The molecule has 11 heteroatoms. The Labute approximate surface area is 192 Å². The van der Waals surface area contributed by atoms with Crippen molar-refractivity contribution in [1.29, 1.82) is 0 Å². The summed E-state index contributed by atoms with van der Waals surface area (Å²) in [4.78, 5) is 29.4. The Balaban J connectivity index is 0.00000363. The SMILES string of the molecule is CCC(C)[C@@H](N)C(=O)Oc1cc(C)c2c(=O)c(-c3csc(C)n3)c(C(F)(F)F)oc2c1.Cl. The van der Waals surface area contributed by atoms with E-state index in [0.717, 1.165) is 17.4 Å². The lowest BCUT2D eigenvalue weighted by Crippen LogP contribution is -2.39. The molecule has 0 radical (unpaired) electrons. The average molecular weight is 491 g/mol. The highest BCUT2D eigenvalue weighted by molar-refractivity contribution is 7.09. The zero-order valence-electron chi connectivity index (χ0n) is 17.7. The lowest BCUT2D eigenvalue weighted by molar-refractivity contribution is -0.152. The monoisotopic (exact) mass is 490 g/mol. The Bertz CT molecular complexity index is 1210. The molecule has 0 spiro atoms. The predicted octanol–water partition coefficient (Wildman–Crippen LogP) is 5.25. The van der Waals surface area contributed by atoms with E-state index < -0.39 is 34.9 Å². The van der Waals surface area contributed by atoms with Crippen molar-refractivity contribution in [2.24, 2.45) is 11.7 Å². The molecule has 2 aromatic heterocycles. The van der Waals surface area contributed by atoms with Gasteiger partial charge < -0.3 is 14.9 Å². The molecule has 0 aliphatic carbocycles. The maximum absolute atomic E-state index is 13.7. The van der Waals surface area contributed by atoms with Crippen LogP contribution in [0.15, 0.2) is 26.7 Å². The predicted molar refractivity (Wildman–Crippen MR) is 118 cm³/mol. The number of aromatic nitrogens is 1. The molecule has 2 N–H and O–H groups in total. The van der Waals surface area contributed by atoms with Crippen LogP contribution in [0.1, 0.15) is 36.6 Å². The lowest BCUT2D eigenvalue weighted by atomic mass is 10.0. The third-order valence-electron chi connectivity index (χ3n) is 5.05. The highest BCUT2D eigenvalue weighted by atomic mass is 35.5. The molecule has 0 saturated carbocycles. The van der Waals surface area contributed by atoms with E-state index in [1.165, 1.54) is 18.4 Å². The number of halogens is 4. The Morgan fingerprint density at radius 1 is 1.31 bits per heavy atom. The number of nitrogens with two attached hydrogens (primary N) is 1. The third kappa shape index (κ3) is 4.97. The van der Waals surface area contributed by atoms with E-state index in [-0.39, 0.29) is 40.7 Å². The number of benzene rings is 1. The van der Waals surface area contributed by atoms with E-state index >= 15 is 0 Å². The van der Waals surface area contributed by atoms with Gasteiger partial charge in [-0.3, -0.25) is 4.79 Å². The van der Waals surface area contributed by atoms with E-state index in [1.54, 1.807) is 13.8 Å². The highest BCUT2D eigenvalue weighted by Gasteiger charge is 2.40. The maximum Gasteiger partial charge on any atom is 0.450 e. The Morgan fingerprint density at radius 2 is 1.97 bits per heavy atom. The third-order valence-corrected chi connectivity index (χ3v) is 5.82. The van der Waals surface area contributed by atoms with Crippen LogP contribution in [-0.2, 0) is 11.0 Å². The topological polar surface area (TPSA) is 95.4 Å². The molecule has 1 aromatic carbocycles. The first-order chi connectivity index (χ1) is 14.4. The van der Waals surface area contributed by atoms with Gasteiger partial charge in [0.15, 0.2) is 0 Å². The van der Waals surface area contributed by atoms with Crippen LogP contribution in [0.2, 0.25) is 0 Å². The van der Waals surface area contributed by atoms with Crippen LogP contribution in [-0.4, -0.2) is 17.0 Å². The smallest absolute Gasteiger partial charge is 0.450 e. The Hall–Kier alpha value is -2.43. The molecule has 0 amide bonds. The van der Waals surface area contributed by atoms with Gasteiger partial charge in [0.25, 0.3) is 0 Å². The minimum Gasteiger partial charge on any atom is -0.450 e. The van der Waals surface area contributed by atoms with Gasteiger partial charge in [-0.15, -0.1) is 23.7 Å². The fraction of sp³-hybridized carbons (Fsp3) is 0.381. The second kappa shape index (κ2) is 9.60. The van der Waals surface area contributed by atoms with Crippen molar-refractivity contribution in [2.45, 2.75) is 46.3 Å². The van der Waals surface area contributed by atoms with Crippen molar-refractivity contribution in [1.82, 2.24) is 4.98 Å². The number of nitrogens with zero attached hydrogens (tertiary/aromatic N) is 1. The van der Waals surface area contributed by atoms with E-state index in [9.17, 15) is 22.8 Å². The second-order valence-electron chi connectivity index (χ2n) is 7.33. The van der Waals surface area contributed by atoms with Gasteiger partial charge in [0.2, 0.25) is 11.2 Å². The quantitative estimate of drug-likeness (QED) is 0.387. The van der Waals surface area contributed by atoms with Gasteiger partial charge >= 0.3 is 12.1 Å². The van der Waals surface area contributed by atoms with Gasteiger partial charge in [0, 0.05) is 11.4 Å². The first-order valence-electron chi connectivity index (χ1n) is 9.52. The van der Waals surface area contributed by atoms with Crippen molar-refractivity contribution >= 4 is 40.7 Å². The summed E-state index contributed by atoms with van der Waals surface area (Å²) in [5.74, 6) is -2.37. The van der Waals surface area contributed by atoms with Crippen molar-refractivity contribution < 1.29 is 27.1 Å². The van der Waals surface area contributed by atoms with Gasteiger partial charge in [-0.1, -0.05) is 20.3 Å². The molecule has 32 heavy (non-hydrogen) atoms. The van der Waals surface area contributed by atoms with E-state index in [1.807, 2.05) is 6.92 Å². The van der Waals surface area contributed by atoms with Gasteiger partial charge in [0.1, 0.15) is 17.4 Å². The molecule has 0 saturated heterocycles. The maximum atomic E-state index is 13.7. The van der Waals surface area contributed by atoms with Crippen LogP contribution in [0, 0.1) is 19.8 Å². The summed E-state index contributed by atoms with van der Waals surface area (Å²) < 4.78 is 51.6. The molecular formula is C21H22ClF3N2O4S. The van der Waals surface area contributed by atoms with Crippen molar-refractivity contribution in [3.05, 3.63) is 44.1 Å². The number of rotatable bonds is 5. The fourth-order valence-electron chi connectivity index (χ4n) is 3.12. The first-order valence-corrected chi connectivity index (χ1v) is 10.4. The molecule has 2 heterocycles. The number of aryl methyl sites for hydroxylation is 2. The first kappa shape index (κ1) is 25.8. The molecule has 0 aliphatic heterocycles. The summed E-state index contributed by atoms with van der Waals surface area (Å²) in [6, 6.07) is 1.59. The molecular weight excluding hydrogens is 469 g/mol. The van der Waals surface area contributed by atoms with Crippen molar-refractivity contribution in [3.63, 3.8) is 0 Å². The number of hydrogen-bond donors (Lipinski definition) is 1. The number of ether oxygens (including phenoxy) is 1. The van der Waals surface area contributed by atoms with Crippen LogP contribution < -0.4 is 15.9 Å². The Morgan fingerprint density at radius 3 is 2.50 bits per heavy atom. The van der Waals surface area contributed by atoms with Crippen molar-refractivity contribution in [3.8, 4) is 17.0 Å². The van der Waals surface area contributed by atoms with E-state index in [2.05, 4.69) is 4.98 Å². The van der Waals surface area contributed by atoms with Gasteiger partial charge in [0.05, 0.1) is 21.7 Å². The molecule has 174 valence electrons. The molecule has 0 aliphatic rings. The minimum atomic E-state index is -4.93. The standard InChI is InChI=1S/C21H21F3N2O4S.ClH/c1-5-9(2)17(25)20(28)29-12-6-10(3)15-14(7-12)30-19(21(22,23)24)16(18(15)27)13-8-31-11(4)26-13;/h6-9,17H,5,25H2,1-4H3;1H/t9?,17-;/m1./s1. The lowest BCUT2D eigenvalue weighted by Gasteiger charge is -2.17. The zero-order chi connectivity index (χ0) is 23.1. The number of thiazole rings is 1. The van der Waals surface area contributed by atoms with Gasteiger partial charge in [-0.2, -0.15) is 13.2 Å². The molecule has 0 bridgehead atoms. The van der Waals surface area contributed by atoms with Crippen LogP contribution >= 0.6 is 23.7 Å². The normalized spacial score (nSPS) is 13.5. The summed E-state index contributed by atoms with van der Waals surface area (Å²) in [7, 11) is 0. The van der Waals surface area contributed by atoms with Gasteiger partial charge in [-0.05, 0) is 31.4 Å². The molecule has 1 unspecified atom stereocenters. The molecule has 2 atom stereocenters. The minimum absolute atomic E-state index is 0. The largest absolute Gasteiger partial charge is 0.450 e. The number of fused-ring (bicyclic) bond motifs is 1. The molecule has 6 nitrogen and oxygen atoms in total. The van der Waals surface area contributed by atoms with Crippen molar-refractivity contribution in [2.75, 3.05) is 0 Å². The Kier molecular flexibility index (Phi) is 7.75. The summed E-state index contributed by atoms with van der Waals surface area (Å²) in [5.41, 5.74) is 4.22. The van der Waals surface area contributed by atoms with Crippen LogP contribution in [0.3, 0.4) is 0 Å². The second-order valence-corrected chi connectivity index (χ2v) is 8.39. The molecule has 3 rings (SSSR count). The van der Waals surface area contributed by atoms with Gasteiger partial charge in [-0.25, -0.2) is 9.78 Å². The number of hydrogen-bond acceptors (Lipinski definition) is 7. The summed E-state index contributed by atoms with van der Waals surface area (Å²) >= 11 is 1.12. The summed E-state index contributed by atoms with van der Waals surface area (Å²) in [6.45, 7) is 6.80. The average Bonchev–Trinajstić information content (AvgIpc) is 3.11. The number of alkyl halides is 3. The van der Waals surface area contributed by atoms with Crippen LogP contribution in [0.5, 0.6) is 5.75 Å². The number of esters is 1. The molecule has 0 fully saturated rings. The zero-order valence-corrected chi connectivity index (χ0v) is 19.3. The fourth-order valence-corrected chi connectivity index (χ4v) is 3.73. The van der Waals surface area contributed by atoms with Crippen LogP contribution in [0.25, 0.3) is 22.2 Å². The number of carbonyl (C=O) groups excluding carboxylic acids is 1.